The van der Waals surface area contributed by atoms with Crippen LogP contribution in [0, 0.1) is 5.92 Å². The van der Waals surface area contributed by atoms with Crippen LogP contribution in [0.15, 0.2) is 30.3 Å². The minimum Gasteiger partial charge on any atom is -0.480 e. The number of hydrogen-bond acceptors (Lipinski definition) is 6. The maximum Gasteiger partial charge on any atom is 0.322 e. The average molecular weight is 467 g/mol. The number of carboxylic acids is 1. The topological polar surface area (TPSA) is 151 Å². The van der Waals surface area contributed by atoms with Crippen molar-refractivity contribution in [2.45, 2.75) is 51.2 Å². The lowest BCUT2D eigenvalue weighted by atomic mass is 10.0. The number of carbonyl (C=O) groups excluding carboxylic acids is 3. The molecule has 0 spiro atoms. The third-order valence-electron chi connectivity index (χ3n) is 4.63. The van der Waals surface area contributed by atoms with Gasteiger partial charge in [-0.1, -0.05) is 44.2 Å². The van der Waals surface area contributed by atoms with Crippen LogP contribution in [0.4, 0.5) is 0 Å². The third kappa shape index (κ3) is 10.6. The van der Waals surface area contributed by atoms with Crippen LogP contribution in [0.2, 0.25) is 0 Å². The van der Waals surface area contributed by atoms with Crippen LogP contribution in [0.1, 0.15) is 32.3 Å². The van der Waals surface area contributed by atoms with Gasteiger partial charge in [0.2, 0.25) is 17.7 Å². The molecule has 0 saturated carbocycles. The second-order valence-electron chi connectivity index (χ2n) is 7.94. The first-order valence-corrected chi connectivity index (χ1v) is 11.9. The van der Waals surface area contributed by atoms with Gasteiger partial charge in [-0.2, -0.15) is 11.8 Å². The summed E-state index contributed by atoms with van der Waals surface area (Å²) in [7, 11) is 0. The van der Waals surface area contributed by atoms with E-state index in [1.807, 2.05) is 50.4 Å². The molecule has 0 aliphatic heterocycles. The van der Waals surface area contributed by atoms with E-state index in [0.29, 0.717) is 25.0 Å². The molecule has 0 saturated heterocycles. The summed E-state index contributed by atoms with van der Waals surface area (Å²) >= 11 is 1.50. The van der Waals surface area contributed by atoms with Crippen LogP contribution in [0.5, 0.6) is 0 Å². The summed E-state index contributed by atoms with van der Waals surface area (Å²) < 4.78 is 0. The lowest BCUT2D eigenvalue weighted by molar-refractivity contribution is -0.138. The van der Waals surface area contributed by atoms with E-state index in [-0.39, 0.29) is 5.92 Å². The van der Waals surface area contributed by atoms with Crippen LogP contribution in [0.3, 0.4) is 0 Å². The maximum atomic E-state index is 12.9. The molecule has 32 heavy (non-hydrogen) atoms. The second kappa shape index (κ2) is 14.5. The van der Waals surface area contributed by atoms with Crippen molar-refractivity contribution in [1.29, 1.82) is 0 Å². The fourth-order valence-electron chi connectivity index (χ4n) is 3.01. The first kappa shape index (κ1) is 27.4. The van der Waals surface area contributed by atoms with Crippen LogP contribution in [-0.4, -0.2) is 65.5 Å². The van der Waals surface area contributed by atoms with Gasteiger partial charge in [0.1, 0.15) is 18.6 Å². The highest BCUT2D eigenvalue weighted by Crippen LogP contribution is 2.09. The largest absolute Gasteiger partial charge is 0.480 e. The number of thioether (sulfide) groups is 1. The van der Waals surface area contributed by atoms with E-state index in [1.165, 1.54) is 11.8 Å². The van der Waals surface area contributed by atoms with Crippen molar-refractivity contribution in [3.8, 4) is 0 Å². The Morgan fingerprint density at radius 2 is 1.62 bits per heavy atom. The van der Waals surface area contributed by atoms with E-state index in [1.54, 1.807) is 0 Å². The summed E-state index contributed by atoms with van der Waals surface area (Å²) in [6.45, 7) is 3.30. The Morgan fingerprint density at radius 1 is 1.00 bits per heavy atom. The summed E-state index contributed by atoms with van der Waals surface area (Å²) in [5.41, 5.74) is 6.95. The van der Waals surface area contributed by atoms with Crippen LogP contribution in [0.25, 0.3) is 0 Å². The Kier molecular flexibility index (Phi) is 12.4. The minimum atomic E-state index is -1.18. The van der Waals surface area contributed by atoms with Gasteiger partial charge in [0.05, 0.1) is 6.04 Å². The van der Waals surface area contributed by atoms with Crippen molar-refractivity contribution in [1.82, 2.24) is 16.0 Å². The molecule has 0 bridgehead atoms. The summed E-state index contributed by atoms with van der Waals surface area (Å²) in [5.74, 6) is -2.02. The maximum absolute atomic E-state index is 12.9. The Morgan fingerprint density at radius 3 is 2.19 bits per heavy atom. The van der Waals surface area contributed by atoms with E-state index in [9.17, 15) is 19.2 Å². The van der Waals surface area contributed by atoms with E-state index in [0.717, 1.165) is 5.56 Å². The Labute approximate surface area is 193 Å². The SMILES string of the molecule is CSCC[C@H](NC(=O)[C@H](CC(C)C)NC(=O)[C@@H](N)Cc1ccccc1)C(=O)NCC(=O)O. The lowest BCUT2D eigenvalue weighted by Crippen LogP contribution is -2.56. The molecule has 0 unspecified atom stereocenters. The predicted molar refractivity (Wildman–Crippen MR) is 125 cm³/mol. The summed E-state index contributed by atoms with van der Waals surface area (Å²) in [6.07, 6.45) is 2.89. The van der Waals surface area contributed by atoms with E-state index >= 15 is 0 Å². The van der Waals surface area contributed by atoms with Gasteiger partial charge in [-0.15, -0.1) is 0 Å². The second-order valence-corrected chi connectivity index (χ2v) is 8.93. The van der Waals surface area contributed by atoms with Crippen LogP contribution >= 0.6 is 11.8 Å². The number of carbonyl (C=O) groups is 4. The van der Waals surface area contributed by atoms with Crippen molar-refractivity contribution in [3.05, 3.63) is 35.9 Å². The summed E-state index contributed by atoms with van der Waals surface area (Å²) in [5, 5.41) is 16.4. The van der Waals surface area contributed by atoms with Crippen molar-refractivity contribution in [3.63, 3.8) is 0 Å². The normalized spacial score (nSPS) is 13.7. The van der Waals surface area contributed by atoms with Crippen molar-refractivity contribution >= 4 is 35.5 Å². The minimum absolute atomic E-state index is 0.0990. The molecule has 1 rings (SSSR count). The van der Waals surface area contributed by atoms with Crippen molar-refractivity contribution in [2.24, 2.45) is 11.7 Å². The zero-order valence-corrected chi connectivity index (χ0v) is 19.6. The standard InChI is InChI=1S/C22H34N4O5S/c1-14(2)11-18(26-20(29)16(23)12-15-7-5-4-6-8-15)22(31)25-17(9-10-32-3)21(30)24-13-19(27)28/h4-8,14,16-18H,9-13,23H2,1-3H3,(H,24,30)(H,25,31)(H,26,29)(H,27,28)/t16-,17-,18-/m0/s1. The first-order chi connectivity index (χ1) is 15.1. The fourth-order valence-corrected chi connectivity index (χ4v) is 3.48. The molecule has 0 aromatic heterocycles. The lowest BCUT2D eigenvalue weighted by Gasteiger charge is -2.25. The molecule has 0 heterocycles. The quantitative estimate of drug-likeness (QED) is 0.268. The number of amides is 3. The molecule has 3 atom stereocenters. The zero-order chi connectivity index (χ0) is 24.1. The molecule has 178 valence electrons. The molecule has 6 N–H and O–H groups in total. The zero-order valence-electron chi connectivity index (χ0n) is 18.8. The monoisotopic (exact) mass is 466 g/mol. The number of hydrogen-bond donors (Lipinski definition) is 5. The number of nitrogens with one attached hydrogen (secondary N) is 3. The highest BCUT2D eigenvalue weighted by atomic mass is 32.2. The molecule has 10 heteroatoms. The average Bonchev–Trinajstić information content (AvgIpc) is 2.74. The van der Waals surface area contributed by atoms with Gasteiger partial charge in [-0.25, -0.2) is 0 Å². The van der Waals surface area contributed by atoms with Gasteiger partial charge >= 0.3 is 5.97 Å². The van der Waals surface area contributed by atoms with Gasteiger partial charge in [0, 0.05) is 0 Å². The molecular weight excluding hydrogens is 432 g/mol. The molecule has 3 amide bonds. The molecule has 1 aromatic carbocycles. The predicted octanol–water partition coefficient (Wildman–Crippen LogP) is 0.526. The van der Waals surface area contributed by atoms with Crippen molar-refractivity contribution < 1.29 is 24.3 Å². The fraction of sp³-hybridized carbons (Fsp3) is 0.545. The van der Waals surface area contributed by atoms with Gasteiger partial charge < -0.3 is 26.8 Å². The Balaban J connectivity index is 2.83. The molecule has 0 aliphatic carbocycles. The Hall–Kier alpha value is -2.59. The van der Waals surface area contributed by atoms with Gasteiger partial charge in [-0.3, -0.25) is 19.2 Å². The number of rotatable bonds is 14. The van der Waals surface area contributed by atoms with Crippen LogP contribution < -0.4 is 21.7 Å². The smallest absolute Gasteiger partial charge is 0.322 e. The third-order valence-corrected chi connectivity index (χ3v) is 5.28. The summed E-state index contributed by atoms with van der Waals surface area (Å²) in [4.78, 5) is 48.7. The molecule has 9 nitrogen and oxygen atoms in total. The molecule has 0 fully saturated rings. The number of carboxylic acid groups (broad SMARTS) is 1. The van der Waals surface area contributed by atoms with Gasteiger partial charge in [0.25, 0.3) is 0 Å². The highest BCUT2D eigenvalue weighted by molar-refractivity contribution is 7.98. The van der Waals surface area contributed by atoms with Gasteiger partial charge in [-0.05, 0) is 42.8 Å². The van der Waals surface area contributed by atoms with Crippen molar-refractivity contribution in [2.75, 3.05) is 18.6 Å². The van der Waals surface area contributed by atoms with Gasteiger partial charge in [0.15, 0.2) is 0 Å². The first-order valence-electron chi connectivity index (χ1n) is 10.5. The van der Waals surface area contributed by atoms with E-state index < -0.39 is 48.4 Å². The molecule has 0 radical (unpaired) electrons. The molecule has 1 aromatic rings. The summed E-state index contributed by atoms with van der Waals surface area (Å²) in [6, 6.07) is 6.74. The molecule has 0 aliphatic rings. The van der Waals surface area contributed by atoms with E-state index in [2.05, 4.69) is 16.0 Å². The van der Waals surface area contributed by atoms with Crippen LogP contribution in [-0.2, 0) is 25.6 Å². The molecular formula is C22H34N4O5S. The number of benzene rings is 1. The Bertz CT molecular complexity index is 760. The van der Waals surface area contributed by atoms with E-state index in [4.69, 9.17) is 10.8 Å². The number of aliphatic carboxylic acids is 1. The highest BCUT2D eigenvalue weighted by Gasteiger charge is 2.28. The number of nitrogens with two attached hydrogens (primary N) is 1.